The number of guanidine groups is 1. The first-order valence-electron chi connectivity index (χ1n) is 9.68. The van der Waals surface area contributed by atoms with Crippen molar-refractivity contribution in [2.45, 2.75) is 57.0 Å². The van der Waals surface area contributed by atoms with Crippen molar-refractivity contribution >= 4 is 5.96 Å². The molecule has 25 heavy (non-hydrogen) atoms. The van der Waals surface area contributed by atoms with Gasteiger partial charge in [0, 0.05) is 38.1 Å². The number of piperidine rings is 1. The number of nitrogens with zero attached hydrogens (tertiary/aromatic N) is 2. The first-order valence-corrected chi connectivity index (χ1v) is 9.68. The van der Waals surface area contributed by atoms with Crippen LogP contribution in [0.25, 0.3) is 0 Å². The molecule has 4 nitrogen and oxygen atoms in total. The van der Waals surface area contributed by atoms with Crippen LogP contribution in [0.2, 0.25) is 0 Å². The number of hydrogen-bond acceptors (Lipinski definition) is 2. The molecule has 138 valence electrons. The molecule has 1 saturated heterocycles. The number of aliphatic imine (C=N–C) groups is 1. The average molecular weight is 346 g/mol. The number of rotatable bonds is 6. The Labute approximate surface area is 150 Å². The number of halogens is 1. The van der Waals surface area contributed by atoms with Crippen molar-refractivity contribution in [3.05, 3.63) is 35.6 Å². The molecule has 1 heterocycles. The van der Waals surface area contributed by atoms with Gasteiger partial charge >= 0.3 is 0 Å². The number of benzene rings is 1. The van der Waals surface area contributed by atoms with Gasteiger partial charge in [-0.1, -0.05) is 31.5 Å². The van der Waals surface area contributed by atoms with E-state index in [4.69, 9.17) is 0 Å². The second kappa shape index (κ2) is 8.65. The fourth-order valence-corrected chi connectivity index (χ4v) is 3.70. The summed E-state index contributed by atoms with van der Waals surface area (Å²) in [5.74, 6) is 1.02. The molecule has 5 heteroatoms. The van der Waals surface area contributed by atoms with Crippen molar-refractivity contribution in [1.29, 1.82) is 0 Å². The molecule has 3 rings (SSSR count). The van der Waals surface area contributed by atoms with Gasteiger partial charge in [0.2, 0.25) is 0 Å². The minimum Gasteiger partial charge on any atom is -0.354 e. The zero-order chi connectivity index (χ0) is 17.6. The van der Waals surface area contributed by atoms with E-state index >= 15 is 0 Å². The number of hydrogen-bond donors (Lipinski definition) is 2. The Morgan fingerprint density at radius 2 is 2.00 bits per heavy atom. The summed E-state index contributed by atoms with van der Waals surface area (Å²) in [6.45, 7) is 5.80. The van der Waals surface area contributed by atoms with E-state index in [0.29, 0.717) is 6.04 Å². The van der Waals surface area contributed by atoms with Gasteiger partial charge in [-0.3, -0.25) is 4.99 Å². The molecule has 2 N–H and O–H groups in total. The minimum atomic E-state index is -0.0980. The van der Waals surface area contributed by atoms with E-state index in [1.54, 1.807) is 12.1 Å². The molecular weight excluding hydrogens is 315 g/mol. The van der Waals surface area contributed by atoms with Gasteiger partial charge in [0.05, 0.1) is 0 Å². The molecule has 0 amide bonds. The van der Waals surface area contributed by atoms with Crippen molar-refractivity contribution in [3.8, 4) is 0 Å². The summed E-state index contributed by atoms with van der Waals surface area (Å²) in [6.07, 6.45) is 5.84. The van der Waals surface area contributed by atoms with E-state index in [-0.39, 0.29) is 17.8 Å². The normalized spacial score (nSPS) is 25.0. The first-order chi connectivity index (χ1) is 12.2. The molecule has 2 fully saturated rings. The largest absolute Gasteiger partial charge is 0.354 e. The Morgan fingerprint density at radius 3 is 2.68 bits per heavy atom. The van der Waals surface area contributed by atoms with Crippen LogP contribution in [0, 0.1) is 5.82 Å². The Kier molecular flexibility index (Phi) is 6.29. The third kappa shape index (κ3) is 4.94. The zero-order valence-electron chi connectivity index (χ0n) is 15.5. The second-order valence-corrected chi connectivity index (χ2v) is 7.30. The lowest BCUT2D eigenvalue weighted by atomic mass is 10.0. The summed E-state index contributed by atoms with van der Waals surface area (Å²) in [5, 5.41) is 7.03. The van der Waals surface area contributed by atoms with E-state index in [1.165, 1.54) is 19.4 Å². The Hall–Kier alpha value is -1.62. The number of nitrogens with one attached hydrogen (secondary N) is 2. The minimum absolute atomic E-state index is 0.0980. The van der Waals surface area contributed by atoms with Gasteiger partial charge in [-0.15, -0.1) is 0 Å². The molecule has 0 spiro atoms. The molecular formula is C20H31FN4. The lowest BCUT2D eigenvalue weighted by Gasteiger charge is -2.33. The van der Waals surface area contributed by atoms with Gasteiger partial charge in [-0.25, -0.2) is 4.39 Å². The van der Waals surface area contributed by atoms with Crippen LogP contribution in [0.1, 0.15) is 50.5 Å². The van der Waals surface area contributed by atoms with Crippen molar-refractivity contribution in [3.63, 3.8) is 0 Å². The van der Waals surface area contributed by atoms with Crippen LogP contribution in [-0.2, 0) is 0 Å². The van der Waals surface area contributed by atoms with Gasteiger partial charge in [0.25, 0.3) is 0 Å². The Balaban J connectivity index is 1.43. The smallest absolute Gasteiger partial charge is 0.191 e. The Bertz CT molecular complexity index is 581. The SMILES string of the molecule is CCCCN1CCC(NC(=NC)NC2CC2c2ccccc2F)CC1. The zero-order valence-corrected chi connectivity index (χ0v) is 15.5. The fraction of sp³-hybridized carbons (Fsp3) is 0.650. The maximum atomic E-state index is 13.9. The van der Waals surface area contributed by atoms with E-state index in [9.17, 15) is 4.39 Å². The maximum absolute atomic E-state index is 13.9. The fourth-order valence-electron chi connectivity index (χ4n) is 3.70. The van der Waals surface area contributed by atoms with Crippen LogP contribution < -0.4 is 10.6 Å². The van der Waals surface area contributed by atoms with Crippen LogP contribution in [-0.4, -0.2) is 49.6 Å². The van der Waals surface area contributed by atoms with E-state index in [1.807, 2.05) is 19.2 Å². The second-order valence-electron chi connectivity index (χ2n) is 7.30. The van der Waals surface area contributed by atoms with Crippen molar-refractivity contribution in [2.24, 2.45) is 4.99 Å². The third-order valence-corrected chi connectivity index (χ3v) is 5.40. The molecule has 1 aromatic rings. The van der Waals surface area contributed by atoms with Gasteiger partial charge in [-0.2, -0.15) is 0 Å². The predicted molar refractivity (Wildman–Crippen MR) is 102 cm³/mol. The van der Waals surface area contributed by atoms with Crippen LogP contribution in [0.15, 0.2) is 29.3 Å². The molecule has 1 aliphatic heterocycles. The molecule has 2 aliphatic rings. The third-order valence-electron chi connectivity index (χ3n) is 5.40. The summed E-state index contributed by atoms with van der Waals surface area (Å²) in [7, 11) is 1.81. The van der Waals surface area contributed by atoms with Gasteiger partial charge in [-0.05, 0) is 43.9 Å². The average Bonchev–Trinajstić information content (AvgIpc) is 3.39. The summed E-state index contributed by atoms with van der Waals surface area (Å²) in [6, 6.07) is 7.86. The monoisotopic (exact) mass is 346 g/mol. The predicted octanol–water partition coefficient (Wildman–Crippen LogP) is 3.11. The van der Waals surface area contributed by atoms with Crippen LogP contribution in [0.3, 0.4) is 0 Å². The first kappa shape index (κ1) is 18.2. The van der Waals surface area contributed by atoms with Crippen LogP contribution in [0.5, 0.6) is 0 Å². The molecule has 2 atom stereocenters. The topological polar surface area (TPSA) is 39.7 Å². The highest BCUT2D eigenvalue weighted by Gasteiger charge is 2.40. The number of unbranched alkanes of at least 4 members (excludes halogenated alkanes) is 1. The molecule has 0 aromatic heterocycles. The van der Waals surface area contributed by atoms with Crippen LogP contribution in [0.4, 0.5) is 4.39 Å². The van der Waals surface area contributed by atoms with E-state index in [0.717, 1.165) is 43.9 Å². The highest BCUT2D eigenvalue weighted by Crippen LogP contribution is 2.41. The standard InChI is InChI=1S/C20H31FN4/c1-3-4-11-25-12-9-15(10-13-25)23-20(22-2)24-19-14-17(19)16-7-5-6-8-18(16)21/h5-8,15,17,19H,3-4,9-14H2,1-2H3,(H2,22,23,24). The summed E-state index contributed by atoms with van der Waals surface area (Å²) in [5.41, 5.74) is 0.819. The van der Waals surface area contributed by atoms with Gasteiger partial charge in [0.15, 0.2) is 5.96 Å². The summed E-state index contributed by atoms with van der Waals surface area (Å²) >= 11 is 0. The highest BCUT2D eigenvalue weighted by molar-refractivity contribution is 5.80. The highest BCUT2D eigenvalue weighted by atomic mass is 19.1. The molecule has 2 unspecified atom stereocenters. The van der Waals surface area contributed by atoms with Gasteiger partial charge in [0.1, 0.15) is 5.82 Å². The lowest BCUT2D eigenvalue weighted by molar-refractivity contribution is 0.203. The van der Waals surface area contributed by atoms with Crippen LogP contribution >= 0.6 is 0 Å². The summed E-state index contributed by atoms with van der Waals surface area (Å²) < 4.78 is 13.9. The van der Waals surface area contributed by atoms with Gasteiger partial charge < -0.3 is 15.5 Å². The van der Waals surface area contributed by atoms with Crippen molar-refractivity contribution < 1.29 is 4.39 Å². The van der Waals surface area contributed by atoms with E-state index < -0.39 is 0 Å². The molecule has 1 aliphatic carbocycles. The molecule has 1 saturated carbocycles. The van der Waals surface area contributed by atoms with E-state index in [2.05, 4.69) is 27.4 Å². The van der Waals surface area contributed by atoms with Crippen molar-refractivity contribution in [1.82, 2.24) is 15.5 Å². The number of likely N-dealkylation sites (tertiary alicyclic amines) is 1. The van der Waals surface area contributed by atoms with Crippen molar-refractivity contribution in [2.75, 3.05) is 26.7 Å². The molecule has 0 radical (unpaired) electrons. The quantitative estimate of drug-likeness (QED) is 0.614. The maximum Gasteiger partial charge on any atom is 0.191 e. The molecule has 1 aromatic carbocycles. The summed E-state index contributed by atoms with van der Waals surface area (Å²) in [4.78, 5) is 6.93. The molecule has 0 bridgehead atoms. The Morgan fingerprint density at radius 1 is 1.24 bits per heavy atom. The lowest BCUT2D eigenvalue weighted by Crippen LogP contribution is -2.49.